The van der Waals surface area contributed by atoms with Crippen molar-refractivity contribution in [2.24, 2.45) is 5.92 Å². The van der Waals surface area contributed by atoms with Crippen LogP contribution in [-0.4, -0.2) is 11.5 Å². The molecule has 16 heavy (non-hydrogen) atoms. The minimum absolute atomic E-state index is 0.168. The van der Waals surface area contributed by atoms with Crippen LogP contribution < -0.4 is 5.32 Å². The molecular formula is C11H13BrN2O2. The van der Waals surface area contributed by atoms with Crippen molar-refractivity contribution in [2.45, 2.75) is 19.8 Å². The Labute approximate surface area is 102 Å². The van der Waals surface area contributed by atoms with E-state index in [1.807, 2.05) is 0 Å². The molecule has 5 heteroatoms. The van der Waals surface area contributed by atoms with Gasteiger partial charge < -0.3 is 5.32 Å². The standard InChI is InChI=1S/C11H13BrN2O2/c1-7-4-9(12)10(5-11(7)14(15)16)13-6-8-2-3-8/h4-5,8,13H,2-3,6H2,1H3. The molecule has 1 fully saturated rings. The minimum atomic E-state index is -0.343. The molecule has 0 radical (unpaired) electrons. The van der Waals surface area contributed by atoms with Gasteiger partial charge in [-0.1, -0.05) is 0 Å². The van der Waals surface area contributed by atoms with Crippen LogP contribution in [0.5, 0.6) is 0 Å². The summed E-state index contributed by atoms with van der Waals surface area (Å²) < 4.78 is 0.885. The van der Waals surface area contributed by atoms with Crippen LogP contribution in [0.3, 0.4) is 0 Å². The van der Waals surface area contributed by atoms with Gasteiger partial charge in [0, 0.05) is 22.6 Å². The third kappa shape index (κ3) is 2.52. The number of nitrogens with one attached hydrogen (secondary N) is 1. The zero-order chi connectivity index (χ0) is 11.7. The maximum Gasteiger partial charge on any atom is 0.274 e. The number of benzene rings is 1. The summed E-state index contributed by atoms with van der Waals surface area (Å²) in [5.41, 5.74) is 1.65. The van der Waals surface area contributed by atoms with Gasteiger partial charge in [-0.05, 0) is 47.7 Å². The molecule has 0 unspecified atom stereocenters. The summed E-state index contributed by atoms with van der Waals surface area (Å²) >= 11 is 3.42. The average molecular weight is 285 g/mol. The monoisotopic (exact) mass is 284 g/mol. The Morgan fingerprint density at radius 2 is 2.25 bits per heavy atom. The molecule has 1 N–H and O–H groups in total. The van der Waals surface area contributed by atoms with Gasteiger partial charge in [-0.3, -0.25) is 10.1 Å². The second kappa shape index (κ2) is 4.41. The highest BCUT2D eigenvalue weighted by atomic mass is 79.9. The van der Waals surface area contributed by atoms with E-state index < -0.39 is 0 Å². The zero-order valence-corrected chi connectivity index (χ0v) is 10.6. The van der Waals surface area contributed by atoms with Crippen molar-refractivity contribution in [3.63, 3.8) is 0 Å². The molecular weight excluding hydrogens is 272 g/mol. The number of rotatable bonds is 4. The summed E-state index contributed by atoms with van der Waals surface area (Å²) in [7, 11) is 0. The van der Waals surface area contributed by atoms with E-state index in [-0.39, 0.29) is 10.6 Å². The number of hydrogen-bond donors (Lipinski definition) is 1. The molecule has 1 aliphatic carbocycles. The van der Waals surface area contributed by atoms with Crippen LogP contribution in [0, 0.1) is 23.0 Å². The number of nitro benzene ring substituents is 1. The topological polar surface area (TPSA) is 55.2 Å². The number of aryl methyl sites for hydroxylation is 1. The first-order chi connectivity index (χ1) is 7.58. The van der Waals surface area contributed by atoms with E-state index in [0.29, 0.717) is 5.56 Å². The lowest BCUT2D eigenvalue weighted by atomic mass is 10.2. The molecule has 0 aromatic heterocycles. The fraction of sp³-hybridized carbons (Fsp3) is 0.455. The molecule has 0 atom stereocenters. The lowest BCUT2D eigenvalue weighted by Crippen LogP contribution is -2.04. The normalized spacial score (nSPS) is 14.9. The molecule has 86 valence electrons. The second-order valence-electron chi connectivity index (χ2n) is 4.20. The smallest absolute Gasteiger partial charge is 0.274 e. The first kappa shape index (κ1) is 11.4. The number of nitro groups is 1. The van der Waals surface area contributed by atoms with Crippen molar-refractivity contribution in [3.05, 3.63) is 32.3 Å². The Balaban J connectivity index is 2.21. The fourth-order valence-corrected chi connectivity index (χ4v) is 2.17. The first-order valence-electron chi connectivity index (χ1n) is 5.26. The molecule has 0 aliphatic heterocycles. The number of halogens is 1. The Kier molecular flexibility index (Phi) is 3.14. The lowest BCUT2D eigenvalue weighted by Gasteiger charge is -2.08. The maximum absolute atomic E-state index is 10.8. The van der Waals surface area contributed by atoms with Gasteiger partial charge in [0.25, 0.3) is 5.69 Å². The van der Waals surface area contributed by atoms with Crippen LogP contribution in [-0.2, 0) is 0 Å². The molecule has 1 aromatic rings. The van der Waals surface area contributed by atoms with Gasteiger partial charge in [0.2, 0.25) is 0 Å². The van der Waals surface area contributed by atoms with E-state index in [9.17, 15) is 10.1 Å². The van der Waals surface area contributed by atoms with Gasteiger partial charge in [0.05, 0.1) is 10.6 Å². The van der Waals surface area contributed by atoms with Gasteiger partial charge >= 0.3 is 0 Å². The van der Waals surface area contributed by atoms with Crippen LogP contribution in [0.1, 0.15) is 18.4 Å². The van der Waals surface area contributed by atoms with E-state index in [1.165, 1.54) is 12.8 Å². The molecule has 0 bridgehead atoms. The van der Waals surface area contributed by atoms with Crippen molar-refractivity contribution >= 4 is 27.3 Å². The predicted molar refractivity (Wildman–Crippen MR) is 66.7 cm³/mol. The maximum atomic E-state index is 10.8. The van der Waals surface area contributed by atoms with E-state index in [1.54, 1.807) is 19.1 Å². The van der Waals surface area contributed by atoms with E-state index >= 15 is 0 Å². The van der Waals surface area contributed by atoms with Gasteiger partial charge in [0.1, 0.15) is 0 Å². The summed E-state index contributed by atoms with van der Waals surface area (Å²) in [6.45, 7) is 2.65. The molecule has 1 aromatic carbocycles. The number of hydrogen-bond acceptors (Lipinski definition) is 3. The second-order valence-corrected chi connectivity index (χ2v) is 5.05. The van der Waals surface area contributed by atoms with Crippen LogP contribution >= 0.6 is 15.9 Å². The van der Waals surface area contributed by atoms with Crippen molar-refractivity contribution in [3.8, 4) is 0 Å². The van der Waals surface area contributed by atoms with Crippen molar-refractivity contribution < 1.29 is 4.92 Å². The molecule has 0 amide bonds. The third-order valence-corrected chi connectivity index (χ3v) is 3.42. The zero-order valence-electron chi connectivity index (χ0n) is 9.00. The highest BCUT2D eigenvalue weighted by Crippen LogP contribution is 2.33. The molecule has 4 nitrogen and oxygen atoms in total. The number of nitrogens with zero attached hydrogens (tertiary/aromatic N) is 1. The fourth-order valence-electron chi connectivity index (χ4n) is 1.57. The van der Waals surface area contributed by atoms with Crippen molar-refractivity contribution in [1.29, 1.82) is 0 Å². The molecule has 0 saturated heterocycles. The average Bonchev–Trinajstić information content (AvgIpc) is 2.99. The molecule has 1 aliphatic rings. The van der Waals surface area contributed by atoms with Crippen molar-refractivity contribution in [1.82, 2.24) is 0 Å². The van der Waals surface area contributed by atoms with Crippen LogP contribution in [0.2, 0.25) is 0 Å². The molecule has 0 heterocycles. The SMILES string of the molecule is Cc1cc(Br)c(NCC2CC2)cc1[N+](=O)[O-]. The highest BCUT2D eigenvalue weighted by Gasteiger charge is 2.21. The lowest BCUT2D eigenvalue weighted by molar-refractivity contribution is -0.385. The van der Waals surface area contributed by atoms with Gasteiger partial charge in [-0.15, -0.1) is 0 Å². The Bertz CT molecular complexity index is 430. The predicted octanol–water partition coefficient (Wildman–Crippen LogP) is 3.49. The van der Waals surface area contributed by atoms with Crippen molar-refractivity contribution in [2.75, 3.05) is 11.9 Å². The largest absolute Gasteiger partial charge is 0.384 e. The van der Waals surface area contributed by atoms with Gasteiger partial charge in [0.15, 0.2) is 0 Å². The van der Waals surface area contributed by atoms with Gasteiger partial charge in [-0.2, -0.15) is 0 Å². The van der Waals surface area contributed by atoms with Crippen LogP contribution in [0.25, 0.3) is 0 Å². The quantitative estimate of drug-likeness (QED) is 0.680. The Morgan fingerprint density at radius 3 is 2.81 bits per heavy atom. The molecule has 2 rings (SSSR count). The summed E-state index contributed by atoms with van der Waals surface area (Å²) in [5, 5.41) is 14.0. The van der Waals surface area contributed by atoms with E-state index in [2.05, 4.69) is 21.2 Å². The van der Waals surface area contributed by atoms with Gasteiger partial charge in [-0.25, -0.2) is 0 Å². The third-order valence-electron chi connectivity index (χ3n) is 2.76. The summed E-state index contributed by atoms with van der Waals surface area (Å²) in [5.74, 6) is 0.743. The first-order valence-corrected chi connectivity index (χ1v) is 6.05. The summed E-state index contributed by atoms with van der Waals surface area (Å²) in [4.78, 5) is 10.5. The Morgan fingerprint density at radius 1 is 1.56 bits per heavy atom. The Hall–Kier alpha value is -1.10. The van der Waals surface area contributed by atoms with E-state index in [0.717, 1.165) is 22.6 Å². The van der Waals surface area contributed by atoms with Crippen LogP contribution in [0.15, 0.2) is 16.6 Å². The summed E-state index contributed by atoms with van der Waals surface area (Å²) in [6.07, 6.45) is 2.52. The molecule has 0 spiro atoms. The van der Waals surface area contributed by atoms with E-state index in [4.69, 9.17) is 0 Å². The summed E-state index contributed by atoms with van der Waals surface area (Å²) in [6, 6.07) is 3.38. The minimum Gasteiger partial charge on any atom is -0.384 e. The molecule has 1 saturated carbocycles. The highest BCUT2D eigenvalue weighted by molar-refractivity contribution is 9.10. The number of anilines is 1. The van der Waals surface area contributed by atoms with Crippen LogP contribution in [0.4, 0.5) is 11.4 Å².